The minimum Gasteiger partial charge on any atom is -0.351 e. The highest BCUT2D eigenvalue weighted by atomic mass is 32.2. The molecule has 5 rings (SSSR count). The summed E-state index contributed by atoms with van der Waals surface area (Å²) in [6.45, 7) is 4.18. The fraction of sp³-hybridized carbons (Fsp3) is 0.636. The fourth-order valence-electron chi connectivity index (χ4n) is 5.01. The number of aromatic amines is 1. The molecule has 170 valence electrons. The van der Waals surface area contributed by atoms with Crippen molar-refractivity contribution in [3.8, 4) is 6.07 Å². The monoisotopic (exact) mass is 453 g/mol. The lowest BCUT2D eigenvalue weighted by Gasteiger charge is -2.43. The summed E-state index contributed by atoms with van der Waals surface area (Å²) in [5.41, 5.74) is 1.00. The van der Waals surface area contributed by atoms with Crippen molar-refractivity contribution in [2.75, 3.05) is 23.7 Å². The Morgan fingerprint density at radius 1 is 1.16 bits per heavy atom. The summed E-state index contributed by atoms with van der Waals surface area (Å²) < 4.78 is 2.32. The summed E-state index contributed by atoms with van der Waals surface area (Å²) in [4.78, 5) is 9.58. The van der Waals surface area contributed by atoms with Gasteiger partial charge in [0.15, 0.2) is 5.82 Å². The predicted molar refractivity (Wildman–Crippen MR) is 126 cm³/mol. The normalized spacial score (nSPS) is 27.4. The third-order valence-corrected chi connectivity index (χ3v) is 7.56. The molecule has 0 saturated carbocycles. The summed E-state index contributed by atoms with van der Waals surface area (Å²) in [5.74, 6) is 2.86. The molecule has 3 fully saturated rings. The van der Waals surface area contributed by atoms with Gasteiger partial charge in [-0.15, -0.1) is 0 Å². The van der Waals surface area contributed by atoms with Gasteiger partial charge in [-0.25, -0.2) is 9.29 Å². The number of fused-ring (bicyclic) bond motifs is 2. The van der Waals surface area contributed by atoms with Gasteiger partial charge < -0.3 is 16.0 Å². The molecule has 3 saturated heterocycles. The zero-order valence-corrected chi connectivity index (χ0v) is 19.3. The first kappa shape index (κ1) is 21.5. The van der Waals surface area contributed by atoms with Gasteiger partial charge in [-0.1, -0.05) is 0 Å². The number of nitrogens with zero attached hydrogens (tertiary/aromatic N) is 5. The van der Waals surface area contributed by atoms with Crippen LogP contribution in [0.3, 0.4) is 0 Å². The summed E-state index contributed by atoms with van der Waals surface area (Å²) in [6, 6.07) is 7.64. The molecule has 2 unspecified atom stereocenters. The first-order valence-corrected chi connectivity index (χ1v) is 12.4. The maximum atomic E-state index is 8.91. The first-order chi connectivity index (χ1) is 15.6. The van der Waals surface area contributed by atoms with E-state index in [1.165, 1.54) is 6.42 Å². The number of piperidine rings is 2. The maximum absolute atomic E-state index is 8.91. The number of H-pyrrole nitrogens is 1. The molecule has 2 aromatic heterocycles. The smallest absolute Gasteiger partial charge is 0.225 e. The molecule has 0 spiro atoms. The Morgan fingerprint density at radius 2 is 1.97 bits per heavy atom. The molecule has 2 aromatic rings. The molecule has 10 heteroatoms. The minimum atomic E-state index is 0.355. The average molecular weight is 454 g/mol. The molecular formula is C22H31N9S. The van der Waals surface area contributed by atoms with E-state index >= 15 is 0 Å². The molecule has 0 aliphatic carbocycles. The molecule has 5 heterocycles. The Morgan fingerprint density at radius 3 is 2.62 bits per heavy atom. The molecule has 3 aliphatic heterocycles. The van der Waals surface area contributed by atoms with Crippen LogP contribution in [0.25, 0.3) is 0 Å². The Bertz CT molecular complexity index is 953. The van der Waals surface area contributed by atoms with Gasteiger partial charge in [0.1, 0.15) is 10.8 Å². The number of rotatable bonds is 8. The highest BCUT2D eigenvalue weighted by molar-refractivity contribution is 7.97. The molecule has 2 bridgehead atoms. The van der Waals surface area contributed by atoms with E-state index in [2.05, 4.69) is 36.5 Å². The second kappa shape index (κ2) is 9.65. The van der Waals surface area contributed by atoms with Crippen LogP contribution in [0, 0.1) is 24.2 Å². The highest BCUT2D eigenvalue weighted by Crippen LogP contribution is 2.34. The second-order valence-electron chi connectivity index (χ2n) is 9.26. The van der Waals surface area contributed by atoms with E-state index < -0.39 is 0 Å². The van der Waals surface area contributed by atoms with Crippen molar-refractivity contribution in [2.24, 2.45) is 5.92 Å². The van der Waals surface area contributed by atoms with Crippen LogP contribution in [0.5, 0.6) is 0 Å². The van der Waals surface area contributed by atoms with Gasteiger partial charge in [0.2, 0.25) is 5.95 Å². The number of nitrogens with one attached hydrogen (secondary N) is 4. The topological polar surface area (TPSA) is 118 Å². The van der Waals surface area contributed by atoms with Crippen LogP contribution in [-0.2, 0) is 0 Å². The molecule has 9 nitrogen and oxygen atoms in total. The van der Waals surface area contributed by atoms with Gasteiger partial charge >= 0.3 is 0 Å². The predicted octanol–water partition coefficient (Wildman–Crippen LogP) is 3.58. The molecule has 0 aromatic carbocycles. The number of hydrogen-bond acceptors (Lipinski definition) is 9. The lowest BCUT2D eigenvalue weighted by Crippen LogP contribution is -2.54. The Hall–Kier alpha value is -2.35. The molecule has 0 radical (unpaired) electrons. The van der Waals surface area contributed by atoms with Crippen LogP contribution >= 0.6 is 11.9 Å². The van der Waals surface area contributed by atoms with Gasteiger partial charge in [-0.05, 0) is 63.3 Å². The van der Waals surface area contributed by atoms with E-state index in [9.17, 15) is 0 Å². The van der Waals surface area contributed by atoms with Crippen molar-refractivity contribution in [3.63, 3.8) is 0 Å². The van der Waals surface area contributed by atoms with E-state index in [4.69, 9.17) is 15.2 Å². The lowest BCUT2D eigenvalue weighted by molar-refractivity contribution is 0.171. The van der Waals surface area contributed by atoms with E-state index in [-0.39, 0.29) is 0 Å². The largest absolute Gasteiger partial charge is 0.351 e. The van der Waals surface area contributed by atoms with Crippen LogP contribution < -0.4 is 16.0 Å². The van der Waals surface area contributed by atoms with E-state index in [0.29, 0.717) is 36.4 Å². The quantitative estimate of drug-likeness (QED) is 0.351. The van der Waals surface area contributed by atoms with E-state index in [0.717, 1.165) is 67.5 Å². The number of hydrogen-bond donors (Lipinski definition) is 4. The summed E-state index contributed by atoms with van der Waals surface area (Å²) in [5, 5.41) is 27.8. The minimum absolute atomic E-state index is 0.355. The van der Waals surface area contributed by atoms with Crippen LogP contribution in [0.2, 0.25) is 0 Å². The molecular weight excluding hydrogens is 422 g/mol. The van der Waals surface area contributed by atoms with Crippen LogP contribution in [0.4, 0.5) is 17.6 Å². The third kappa shape index (κ3) is 5.34. The highest BCUT2D eigenvalue weighted by Gasteiger charge is 2.35. The number of nitriles is 1. The summed E-state index contributed by atoms with van der Waals surface area (Å²) in [6.07, 6.45) is 7.40. The van der Waals surface area contributed by atoms with E-state index in [1.807, 2.05) is 19.1 Å². The van der Waals surface area contributed by atoms with Gasteiger partial charge in [-0.3, -0.25) is 5.10 Å². The maximum Gasteiger partial charge on any atom is 0.225 e. The molecule has 2 atom stereocenters. The van der Waals surface area contributed by atoms with Crippen LogP contribution in [-0.4, -0.2) is 55.7 Å². The van der Waals surface area contributed by atoms with Gasteiger partial charge in [0.05, 0.1) is 6.07 Å². The number of aromatic nitrogens is 4. The standard InChI is InChI=1S/C22H31N9S/c1-14-8-20(30-29-14)26-19-13-21(32-31-6-3-7-31)28-22(27-19)25-18-11-16-9-15(4-2-5-23)10-17(12-18)24-16/h8,13,15-18,24H,2-4,6-7,9-12H2,1H3,(H3,25,26,27,28,29,30). The van der Waals surface area contributed by atoms with Crippen molar-refractivity contribution < 1.29 is 0 Å². The lowest BCUT2D eigenvalue weighted by atomic mass is 9.77. The van der Waals surface area contributed by atoms with Crippen molar-refractivity contribution >= 4 is 29.5 Å². The molecule has 4 N–H and O–H groups in total. The second-order valence-corrected chi connectivity index (χ2v) is 10.4. The van der Waals surface area contributed by atoms with Crippen molar-refractivity contribution in [3.05, 3.63) is 17.8 Å². The van der Waals surface area contributed by atoms with Gasteiger partial charge in [0, 0.05) is 55.5 Å². The summed E-state index contributed by atoms with van der Waals surface area (Å²) >= 11 is 1.70. The average Bonchev–Trinajstić information content (AvgIpc) is 3.13. The zero-order chi connectivity index (χ0) is 21.9. The Kier molecular flexibility index (Phi) is 6.48. The van der Waals surface area contributed by atoms with Crippen molar-refractivity contribution in [2.45, 2.75) is 75.0 Å². The van der Waals surface area contributed by atoms with Crippen LogP contribution in [0.15, 0.2) is 17.2 Å². The SMILES string of the molecule is Cc1cc(Nc2cc(SN3CCC3)nc(NC3CC4CC(CCC#N)CC(C3)N4)n2)n[nH]1. The first-order valence-electron chi connectivity index (χ1n) is 11.6. The van der Waals surface area contributed by atoms with Crippen LogP contribution in [0.1, 0.15) is 50.6 Å². The van der Waals surface area contributed by atoms with Crippen molar-refractivity contribution in [1.29, 1.82) is 5.26 Å². The van der Waals surface area contributed by atoms with E-state index in [1.54, 1.807) is 11.9 Å². The summed E-state index contributed by atoms with van der Waals surface area (Å²) in [7, 11) is 0. The Labute approximate surface area is 193 Å². The van der Waals surface area contributed by atoms with Gasteiger partial charge in [-0.2, -0.15) is 15.3 Å². The zero-order valence-electron chi connectivity index (χ0n) is 18.5. The van der Waals surface area contributed by atoms with Crippen molar-refractivity contribution in [1.82, 2.24) is 29.8 Å². The third-order valence-electron chi connectivity index (χ3n) is 6.55. The number of aryl methyl sites for hydroxylation is 1. The molecule has 32 heavy (non-hydrogen) atoms. The van der Waals surface area contributed by atoms with Gasteiger partial charge in [0.25, 0.3) is 0 Å². The molecule has 3 aliphatic rings. The number of anilines is 3. The fourth-order valence-corrected chi connectivity index (χ4v) is 6.01. The Balaban J connectivity index is 1.27. The molecule has 0 amide bonds.